The number of hydrogen-bond donors (Lipinski definition) is 1. The maximum atomic E-state index is 14.4. The van der Waals surface area contributed by atoms with Crippen molar-refractivity contribution in [3.05, 3.63) is 6.42 Å². The standard InChI is InChI=1S/C21H32FO2.C2H3O.Y/c1-4-12-5-6-14-19-15(7-8-20(12,14)2)21(3)11-16(22)17(23)9-13(21)10-18(19)24;1-2-3;/h4,12-17,19,23H,5-11H2,1-3H3;1H3;/q2*-1;/t12-,13-,14?,15?,16+,17+,19?,20+,21-;;/m0../s1. The minimum Gasteiger partial charge on any atom is -0.542 e. The normalized spacial score (nSPS) is 49.5. The molecule has 0 aromatic rings. The van der Waals surface area contributed by atoms with E-state index in [1.165, 1.54) is 26.1 Å². The van der Waals surface area contributed by atoms with E-state index in [1.54, 1.807) is 0 Å². The maximum absolute atomic E-state index is 14.4. The van der Waals surface area contributed by atoms with E-state index in [-0.39, 0.29) is 55.4 Å². The zero-order valence-corrected chi connectivity index (χ0v) is 20.6. The summed E-state index contributed by atoms with van der Waals surface area (Å²) in [6, 6.07) is 0. The molecule has 5 heteroatoms. The van der Waals surface area contributed by atoms with Crippen molar-refractivity contribution in [2.45, 2.75) is 84.9 Å². The van der Waals surface area contributed by atoms with Gasteiger partial charge >= 0.3 is 0 Å². The number of carbonyl (C=O) groups is 1. The van der Waals surface area contributed by atoms with Gasteiger partial charge in [0.1, 0.15) is 12.0 Å². The number of Topliss-reactive ketones (excluding diaryl/α,β-unsaturated/α-hetero) is 1. The van der Waals surface area contributed by atoms with Crippen molar-refractivity contribution in [1.82, 2.24) is 0 Å². The van der Waals surface area contributed by atoms with Gasteiger partial charge in [-0.3, -0.25) is 11.1 Å². The van der Waals surface area contributed by atoms with Crippen LogP contribution in [-0.4, -0.2) is 29.5 Å². The third-order valence-corrected chi connectivity index (χ3v) is 8.92. The Morgan fingerprint density at radius 3 is 2.39 bits per heavy atom. The van der Waals surface area contributed by atoms with Crippen LogP contribution in [0.3, 0.4) is 0 Å². The number of fused-ring (bicyclic) bond motifs is 5. The summed E-state index contributed by atoms with van der Waals surface area (Å²) in [5, 5.41) is 9.98. The molecule has 4 saturated carbocycles. The van der Waals surface area contributed by atoms with Crippen LogP contribution in [0.1, 0.15) is 72.6 Å². The SMILES string of the molecule is C[C-]=O.C[CH-][C@H]1CCC2C3C(=O)C[C@@H]4C[C@@H](O)[C@H](F)C[C@]4(C)C3CC[C@@]21C.[Y]. The Morgan fingerprint density at radius 2 is 1.79 bits per heavy atom. The molecule has 4 rings (SSSR count). The van der Waals surface area contributed by atoms with Crippen molar-refractivity contribution in [2.75, 3.05) is 0 Å². The second-order valence-corrected chi connectivity index (χ2v) is 9.90. The first-order valence-electron chi connectivity index (χ1n) is 10.7. The fourth-order valence-corrected chi connectivity index (χ4v) is 7.50. The summed E-state index contributed by atoms with van der Waals surface area (Å²) in [6.07, 6.45) is 7.94. The Labute approximate surface area is 194 Å². The Morgan fingerprint density at radius 1 is 1.18 bits per heavy atom. The molecule has 4 aliphatic carbocycles. The molecular weight excluding hydrogens is 432 g/mol. The summed E-state index contributed by atoms with van der Waals surface area (Å²) in [5.41, 5.74) is 0.157. The van der Waals surface area contributed by atoms with E-state index in [0.717, 1.165) is 12.8 Å². The quantitative estimate of drug-likeness (QED) is 0.579. The van der Waals surface area contributed by atoms with Crippen LogP contribution in [0.4, 0.5) is 4.39 Å². The van der Waals surface area contributed by atoms with Gasteiger partial charge in [0.05, 0.1) is 6.10 Å². The number of hydrogen-bond acceptors (Lipinski definition) is 3. The van der Waals surface area contributed by atoms with Crippen molar-refractivity contribution >= 4 is 12.1 Å². The summed E-state index contributed by atoms with van der Waals surface area (Å²) < 4.78 is 14.4. The average Bonchev–Trinajstić information content (AvgIpc) is 2.95. The summed E-state index contributed by atoms with van der Waals surface area (Å²) >= 11 is 0. The number of halogens is 1. The third-order valence-electron chi connectivity index (χ3n) is 8.92. The van der Waals surface area contributed by atoms with E-state index in [4.69, 9.17) is 4.79 Å². The van der Waals surface area contributed by atoms with E-state index in [1.807, 2.05) is 0 Å². The third kappa shape index (κ3) is 3.84. The number of aliphatic hydroxyl groups is 1. The summed E-state index contributed by atoms with van der Waals surface area (Å²) in [4.78, 5) is 21.8. The first kappa shape index (κ1) is 24.6. The second kappa shape index (κ2) is 9.22. The molecule has 3 nitrogen and oxygen atoms in total. The van der Waals surface area contributed by atoms with Gasteiger partial charge in [0.15, 0.2) is 0 Å². The van der Waals surface area contributed by atoms with Crippen molar-refractivity contribution in [2.24, 2.45) is 40.4 Å². The van der Waals surface area contributed by atoms with E-state index < -0.39 is 12.3 Å². The summed E-state index contributed by atoms with van der Waals surface area (Å²) in [6.45, 7) is 8.11. The van der Waals surface area contributed by atoms with E-state index in [9.17, 15) is 14.3 Å². The summed E-state index contributed by atoms with van der Waals surface area (Å²) in [7, 11) is 0. The Balaban J connectivity index is 0.000000660. The molecule has 0 aromatic carbocycles. The molecule has 0 spiro atoms. The second-order valence-electron chi connectivity index (χ2n) is 9.90. The molecule has 0 aromatic heterocycles. The van der Waals surface area contributed by atoms with Crippen LogP contribution in [0.25, 0.3) is 0 Å². The van der Waals surface area contributed by atoms with Gasteiger partial charge in [0.2, 0.25) is 0 Å². The first-order chi connectivity index (χ1) is 12.7. The minimum absolute atomic E-state index is 0. The molecule has 0 saturated heterocycles. The molecule has 4 aliphatic rings. The number of aliphatic hydroxyl groups excluding tert-OH is 1. The maximum Gasteiger partial charge on any atom is 0.136 e. The van der Waals surface area contributed by atoms with E-state index in [0.29, 0.717) is 42.8 Å². The zero-order chi connectivity index (χ0) is 20.0. The molecule has 0 aliphatic heterocycles. The molecule has 157 valence electrons. The number of rotatable bonds is 1. The molecule has 9 atom stereocenters. The van der Waals surface area contributed by atoms with Crippen molar-refractivity contribution in [3.63, 3.8) is 0 Å². The zero-order valence-electron chi connectivity index (χ0n) is 17.8. The average molecular weight is 467 g/mol. The van der Waals surface area contributed by atoms with Crippen LogP contribution >= 0.6 is 0 Å². The smallest absolute Gasteiger partial charge is 0.136 e. The van der Waals surface area contributed by atoms with Gasteiger partial charge in [-0.05, 0) is 48.9 Å². The first-order valence-corrected chi connectivity index (χ1v) is 10.7. The van der Waals surface area contributed by atoms with Gasteiger partial charge in [0, 0.05) is 45.0 Å². The molecule has 0 bridgehead atoms. The monoisotopic (exact) mass is 467 g/mol. The van der Waals surface area contributed by atoms with Crippen molar-refractivity contribution in [1.29, 1.82) is 0 Å². The number of carbonyl (C=O) groups excluding carboxylic acids is 2. The molecule has 0 heterocycles. The molecule has 0 amide bonds. The van der Waals surface area contributed by atoms with Crippen molar-refractivity contribution in [3.8, 4) is 0 Å². The molecule has 1 N–H and O–H groups in total. The molecule has 1 radical (unpaired) electrons. The van der Waals surface area contributed by atoms with Gasteiger partial charge in [-0.15, -0.1) is 0 Å². The molecule has 4 fully saturated rings. The van der Waals surface area contributed by atoms with Crippen molar-refractivity contribution < 1.29 is 51.8 Å². The van der Waals surface area contributed by atoms with Gasteiger partial charge in [-0.1, -0.05) is 32.1 Å². The van der Waals surface area contributed by atoms with Gasteiger partial charge in [-0.2, -0.15) is 19.8 Å². The van der Waals surface area contributed by atoms with E-state index in [2.05, 4.69) is 27.2 Å². The van der Waals surface area contributed by atoms with E-state index >= 15 is 0 Å². The molecule has 3 unspecified atom stereocenters. The predicted molar refractivity (Wildman–Crippen MR) is 103 cm³/mol. The largest absolute Gasteiger partial charge is 0.542 e. The summed E-state index contributed by atoms with van der Waals surface area (Å²) in [5.74, 6) is 2.16. The minimum atomic E-state index is -1.12. The van der Waals surface area contributed by atoms with Crippen LogP contribution in [0, 0.1) is 46.8 Å². The number of alkyl halides is 1. The molecule has 28 heavy (non-hydrogen) atoms. The fourth-order valence-electron chi connectivity index (χ4n) is 7.50. The van der Waals surface area contributed by atoms with Gasteiger partial charge < -0.3 is 16.3 Å². The predicted octanol–water partition coefficient (Wildman–Crippen LogP) is 4.47. The van der Waals surface area contributed by atoms with Gasteiger partial charge in [-0.25, -0.2) is 4.39 Å². The van der Waals surface area contributed by atoms with Crippen LogP contribution in [0.15, 0.2) is 0 Å². The van der Waals surface area contributed by atoms with Crippen LogP contribution in [-0.2, 0) is 42.3 Å². The van der Waals surface area contributed by atoms with Crippen LogP contribution in [0.2, 0.25) is 0 Å². The topological polar surface area (TPSA) is 54.4 Å². The Bertz CT molecular complexity index is 584. The van der Waals surface area contributed by atoms with Crippen LogP contribution in [0.5, 0.6) is 0 Å². The number of ketones is 1. The molecular formula is C23H35FO3Y-2. The Kier molecular flexibility index (Phi) is 8.10. The van der Waals surface area contributed by atoms with Gasteiger partial charge in [0.25, 0.3) is 0 Å². The fraction of sp³-hybridized carbons (Fsp3) is 0.870. The van der Waals surface area contributed by atoms with Crippen LogP contribution < -0.4 is 0 Å². The Hall–Kier alpha value is 0.334.